The Morgan fingerprint density at radius 3 is 1.46 bits per heavy atom. The fraction of sp³-hybridized carbons (Fsp3) is 0.519. The summed E-state index contributed by atoms with van der Waals surface area (Å²) in [6, 6.07) is 42.3. The number of carbonyl (C=O) groups excluding carboxylic acids is 1. The molecule has 3 aliphatic heterocycles. The van der Waals surface area contributed by atoms with E-state index in [0.29, 0.717) is 19.3 Å². The van der Waals surface area contributed by atoms with Crippen LogP contribution in [0.4, 0.5) is 0 Å². The average molecular weight is 895 g/mol. The Morgan fingerprint density at radius 1 is 0.619 bits per heavy atom. The minimum absolute atomic E-state index is 0.139. The summed E-state index contributed by atoms with van der Waals surface area (Å²) in [4.78, 5) is 12.8. The minimum atomic E-state index is -3.23. The molecule has 11 heteroatoms. The van der Waals surface area contributed by atoms with Crippen molar-refractivity contribution in [1.29, 1.82) is 0 Å². The number of fused-ring (bicyclic) bond motifs is 2. The highest BCUT2D eigenvalue weighted by molar-refractivity contribution is 7.00. The molecule has 1 unspecified atom stereocenters. The van der Waals surface area contributed by atoms with Gasteiger partial charge < -0.3 is 38.0 Å². The molecule has 0 saturated carbocycles. The van der Waals surface area contributed by atoms with Gasteiger partial charge in [-0.3, -0.25) is 4.79 Å². The molecular formula is C52H70O9Si2. The maximum absolute atomic E-state index is 12.8. The number of rotatable bonds is 14. The highest BCUT2D eigenvalue weighted by atomic mass is 28.4. The summed E-state index contributed by atoms with van der Waals surface area (Å²) < 4.78 is 43.6. The van der Waals surface area contributed by atoms with E-state index in [1.165, 1.54) is 0 Å². The Hall–Kier alpha value is -3.50. The van der Waals surface area contributed by atoms with Crippen molar-refractivity contribution >= 4 is 43.4 Å². The molecular weight excluding hydrogens is 825 g/mol. The van der Waals surface area contributed by atoms with Crippen LogP contribution in [0.1, 0.15) is 88.0 Å². The topological polar surface area (TPSA) is 113 Å². The smallest absolute Gasteiger partial charge is 0.311 e. The first-order chi connectivity index (χ1) is 29.9. The summed E-state index contributed by atoms with van der Waals surface area (Å²) in [6.45, 7) is 19.0. The molecule has 9 atom stereocenters. The van der Waals surface area contributed by atoms with Gasteiger partial charge in [0.25, 0.3) is 16.6 Å². The van der Waals surface area contributed by atoms with Gasteiger partial charge in [0, 0.05) is 12.8 Å². The first-order valence-corrected chi connectivity index (χ1v) is 26.7. The molecule has 7 rings (SSSR count). The molecule has 3 aliphatic rings. The second kappa shape index (κ2) is 19.2. The van der Waals surface area contributed by atoms with Gasteiger partial charge in [-0.1, -0.05) is 163 Å². The molecule has 0 bridgehead atoms. The molecule has 2 N–H and O–H groups in total. The molecule has 9 nitrogen and oxygen atoms in total. The number of aliphatic hydroxyl groups is 2. The van der Waals surface area contributed by atoms with E-state index in [2.05, 4.69) is 139 Å². The average Bonchev–Trinajstić information content (AvgIpc) is 3.59. The van der Waals surface area contributed by atoms with Crippen molar-refractivity contribution in [3.63, 3.8) is 0 Å². The number of aliphatic hydroxyl groups excluding tert-OH is 2. The van der Waals surface area contributed by atoms with E-state index in [0.717, 1.165) is 20.7 Å². The molecule has 3 heterocycles. The quantitative estimate of drug-likeness (QED) is 0.106. The van der Waals surface area contributed by atoms with Gasteiger partial charge in [0.1, 0.15) is 30.5 Å². The fourth-order valence-electron chi connectivity index (χ4n) is 10.2. The van der Waals surface area contributed by atoms with Crippen LogP contribution < -0.4 is 20.7 Å². The molecule has 0 spiro atoms. The standard InChI is InChI=1S/C52H70O9Si2/c1-50(2,3)49(55)56-33-32-37-30-31-42-44(57-37)48(61-63(52(7,8)9,40-26-18-12-19-27-40)41-28-20-13-21-29-41)47-46(58-42)45(43(59-47)34-36(54)35-53)60-62(51(4,5)6,38-22-14-10-15-23-38)39-24-16-11-17-25-39/h10-29,36-37,42-48,53-54H,30-35H2,1-9H3/t36-,37?,42+,43-,44+,45+,46+,47-,48+/m1/s1. The summed E-state index contributed by atoms with van der Waals surface area (Å²) in [5, 5.41) is 25.3. The van der Waals surface area contributed by atoms with Crippen molar-refractivity contribution in [2.45, 2.75) is 153 Å². The first-order valence-electron chi connectivity index (χ1n) is 22.9. The van der Waals surface area contributed by atoms with Crippen LogP contribution in [0.5, 0.6) is 0 Å². The van der Waals surface area contributed by atoms with Crippen LogP contribution in [0, 0.1) is 5.41 Å². The lowest BCUT2D eigenvalue weighted by atomic mass is 9.88. The van der Waals surface area contributed by atoms with Crippen molar-refractivity contribution in [2.75, 3.05) is 13.2 Å². The number of hydrogen-bond acceptors (Lipinski definition) is 9. The van der Waals surface area contributed by atoms with E-state index >= 15 is 0 Å². The molecule has 0 radical (unpaired) electrons. The van der Waals surface area contributed by atoms with Gasteiger partial charge in [0.05, 0.1) is 43.0 Å². The van der Waals surface area contributed by atoms with Crippen LogP contribution in [0.25, 0.3) is 0 Å². The Morgan fingerprint density at radius 2 is 1.05 bits per heavy atom. The van der Waals surface area contributed by atoms with Crippen LogP contribution in [0.15, 0.2) is 121 Å². The summed E-state index contributed by atoms with van der Waals surface area (Å²) >= 11 is 0. The molecule has 340 valence electrons. The van der Waals surface area contributed by atoms with Gasteiger partial charge in [-0.15, -0.1) is 0 Å². The molecule has 0 amide bonds. The summed E-state index contributed by atoms with van der Waals surface area (Å²) in [7, 11) is -6.43. The third kappa shape index (κ3) is 9.60. The number of esters is 1. The van der Waals surface area contributed by atoms with Gasteiger partial charge in [-0.2, -0.15) is 0 Å². The summed E-state index contributed by atoms with van der Waals surface area (Å²) in [6.07, 6.45) is -3.23. The van der Waals surface area contributed by atoms with E-state index in [-0.39, 0.29) is 41.3 Å². The Balaban J connectivity index is 1.37. The van der Waals surface area contributed by atoms with E-state index in [1.807, 2.05) is 45.0 Å². The molecule has 4 aromatic rings. The van der Waals surface area contributed by atoms with E-state index in [1.54, 1.807) is 0 Å². The van der Waals surface area contributed by atoms with E-state index in [9.17, 15) is 15.0 Å². The predicted octanol–water partition coefficient (Wildman–Crippen LogP) is 6.68. The van der Waals surface area contributed by atoms with Gasteiger partial charge >= 0.3 is 5.97 Å². The zero-order valence-electron chi connectivity index (χ0n) is 38.7. The largest absolute Gasteiger partial charge is 0.465 e. The molecule has 63 heavy (non-hydrogen) atoms. The minimum Gasteiger partial charge on any atom is -0.465 e. The number of ether oxygens (including phenoxy) is 4. The SMILES string of the molecule is CC(C)(C)C(=O)OCCC1CC[C@@H]2O[C@@H]3[C@@H](O[C@H](C[C@@H](O)CO)[C@@H]3O[Si](c3ccccc3)(c3ccccc3)C(C)(C)C)[C@@H](O[Si](c3ccccc3)(c3ccccc3)C(C)(C)C)[C@H]2O1. The highest BCUT2D eigenvalue weighted by Crippen LogP contribution is 2.48. The van der Waals surface area contributed by atoms with Crippen LogP contribution in [-0.2, 0) is 32.6 Å². The number of benzene rings is 4. The first kappa shape index (κ1) is 47.5. The summed E-state index contributed by atoms with van der Waals surface area (Å²) in [5.74, 6) is -0.240. The van der Waals surface area contributed by atoms with Crippen LogP contribution in [-0.4, -0.2) is 101 Å². The lowest BCUT2D eigenvalue weighted by Crippen LogP contribution is -2.73. The van der Waals surface area contributed by atoms with Gasteiger partial charge in [0.15, 0.2) is 0 Å². The number of carbonyl (C=O) groups is 1. The van der Waals surface area contributed by atoms with E-state index in [4.69, 9.17) is 27.8 Å². The lowest BCUT2D eigenvalue weighted by molar-refractivity contribution is -0.256. The van der Waals surface area contributed by atoms with Crippen LogP contribution in [0.3, 0.4) is 0 Å². The Kier molecular flexibility index (Phi) is 14.4. The van der Waals surface area contributed by atoms with Crippen LogP contribution >= 0.6 is 0 Å². The predicted molar refractivity (Wildman–Crippen MR) is 253 cm³/mol. The molecule has 3 saturated heterocycles. The maximum Gasteiger partial charge on any atom is 0.311 e. The number of hydrogen-bond donors (Lipinski definition) is 2. The van der Waals surface area contributed by atoms with Crippen molar-refractivity contribution in [2.24, 2.45) is 5.41 Å². The fourth-order valence-corrected chi connectivity index (χ4v) is 19.6. The molecule has 0 aliphatic carbocycles. The highest BCUT2D eigenvalue weighted by Gasteiger charge is 2.64. The summed E-state index contributed by atoms with van der Waals surface area (Å²) in [5.41, 5.74) is -0.605. The third-order valence-corrected chi connectivity index (χ3v) is 23.3. The normalized spacial score (nSPS) is 26.1. The van der Waals surface area contributed by atoms with Gasteiger partial charge in [0.2, 0.25) is 0 Å². The van der Waals surface area contributed by atoms with Gasteiger partial charge in [-0.05, 0) is 64.4 Å². The Bertz CT molecular complexity index is 1990. The maximum atomic E-state index is 12.8. The van der Waals surface area contributed by atoms with Crippen molar-refractivity contribution in [3.05, 3.63) is 121 Å². The lowest BCUT2D eigenvalue weighted by Gasteiger charge is -2.53. The van der Waals surface area contributed by atoms with E-state index < -0.39 is 71.4 Å². The van der Waals surface area contributed by atoms with Crippen molar-refractivity contribution in [3.8, 4) is 0 Å². The zero-order valence-corrected chi connectivity index (χ0v) is 40.7. The van der Waals surface area contributed by atoms with Crippen molar-refractivity contribution < 1.29 is 42.8 Å². The van der Waals surface area contributed by atoms with Crippen molar-refractivity contribution in [1.82, 2.24) is 0 Å². The molecule has 3 fully saturated rings. The second-order valence-corrected chi connectivity index (χ2v) is 29.3. The zero-order chi connectivity index (χ0) is 45.2. The Labute approximate surface area is 377 Å². The molecule has 0 aromatic heterocycles. The second-order valence-electron chi connectivity index (χ2n) is 20.8. The van der Waals surface area contributed by atoms with Crippen LogP contribution in [0.2, 0.25) is 10.1 Å². The third-order valence-electron chi connectivity index (χ3n) is 13.3. The van der Waals surface area contributed by atoms with Gasteiger partial charge in [-0.25, -0.2) is 0 Å². The molecule has 4 aromatic carbocycles. The monoisotopic (exact) mass is 894 g/mol.